The number of hydrogen-bond acceptors (Lipinski definition) is 10. The number of fused-ring (bicyclic) bond motifs is 2. The average Bonchev–Trinajstić information content (AvgIpc) is 4.26. The highest BCUT2D eigenvalue weighted by atomic mass is 35.5. The van der Waals surface area contributed by atoms with Gasteiger partial charge in [0.2, 0.25) is 17.8 Å². The molecule has 0 bridgehead atoms. The molecule has 400 valence electrons. The summed E-state index contributed by atoms with van der Waals surface area (Å²) in [4.78, 5) is 54.9. The predicted molar refractivity (Wildman–Crippen MR) is 295 cm³/mol. The SMILES string of the molecule is CC(C)O.CCN(C(C)C)C(C)C.O=c1c(CCC2CCN(c3ncc(F)cn3)CC2)c(C2CC2)[nH]n1-c1nc2ccc(Cl)cc2[nH]1.O=c1c(CCC2CCNCC2)c(C2CC2)[nH]n1-c1nc2ccc(Cl)cc2[nH]1. The number of rotatable bonds is 14. The molecule has 74 heavy (non-hydrogen) atoms. The first-order valence-corrected chi connectivity index (χ1v) is 27.7. The van der Waals surface area contributed by atoms with Crippen molar-refractivity contribution in [2.45, 2.75) is 156 Å². The molecular weight excluding hydrogens is 981 g/mol. The summed E-state index contributed by atoms with van der Waals surface area (Å²) >= 11 is 12.2. The highest BCUT2D eigenvalue weighted by Crippen LogP contribution is 2.42. The zero-order valence-electron chi connectivity index (χ0n) is 44.2. The van der Waals surface area contributed by atoms with Crippen LogP contribution in [-0.2, 0) is 12.8 Å². The van der Waals surface area contributed by atoms with Gasteiger partial charge in [-0.1, -0.05) is 30.1 Å². The average molecular weight is 1060 g/mol. The number of piperidine rings is 2. The molecule has 6 N–H and O–H groups in total. The zero-order chi connectivity index (χ0) is 52.6. The maximum absolute atomic E-state index is 13.4. The molecule has 4 fully saturated rings. The number of anilines is 1. The van der Waals surface area contributed by atoms with Crippen molar-refractivity contribution in [2.24, 2.45) is 11.8 Å². The van der Waals surface area contributed by atoms with Crippen LogP contribution in [0.15, 0.2) is 58.4 Å². The highest BCUT2D eigenvalue weighted by molar-refractivity contribution is 6.31. The fourth-order valence-electron chi connectivity index (χ4n) is 10.4. The standard InChI is InChI=1S/C24H25ClFN7O.C20H24ClN5O.C8H19N.C3H8O/c25-16-4-6-19-20(11-16)30-24(29-19)33-22(34)18(21(31-33)15-2-3-15)5-1-14-7-9-32(10-8-14)23-27-12-17(26)13-28-23;21-14-4-6-16-17(11-14)24-20(23-16)26-19(27)15(18(25-26)13-2-3-13)5-1-12-7-9-22-10-8-12;1-6-9(7(2)3)8(4)5;1-3(2)4/h4,6,11-15,31H,1-3,5,7-10H2,(H,29,30);4,6,11-13,22,25H,1-3,5,7-10H2,(H,23,24);7-8H,6H2,1-5H3;3-4H,1-2H3. The van der Waals surface area contributed by atoms with E-state index in [1.54, 1.807) is 29.3 Å². The van der Waals surface area contributed by atoms with Crippen LogP contribution in [0.3, 0.4) is 0 Å². The molecule has 2 saturated carbocycles. The van der Waals surface area contributed by atoms with Crippen molar-refractivity contribution in [3.8, 4) is 11.9 Å². The molecule has 2 aromatic carbocycles. The van der Waals surface area contributed by atoms with E-state index in [4.69, 9.17) is 28.3 Å². The molecule has 0 atom stereocenters. The van der Waals surface area contributed by atoms with E-state index in [1.807, 2.05) is 30.3 Å². The Kier molecular flexibility index (Phi) is 18.6. The maximum Gasteiger partial charge on any atom is 0.277 e. The third kappa shape index (κ3) is 14.1. The molecule has 19 heteroatoms. The summed E-state index contributed by atoms with van der Waals surface area (Å²) in [5.41, 5.74) is 7.24. The lowest BCUT2D eigenvalue weighted by molar-refractivity contribution is 0.185. The summed E-state index contributed by atoms with van der Waals surface area (Å²) in [6.07, 6.45) is 14.9. The van der Waals surface area contributed by atoms with Crippen molar-refractivity contribution in [1.82, 2.24) is 59.7 Å². The van der Waals surface area contributed by atoms with E-state index in [0.717, 1.165) is 147 Å². The van der Waals surface area contributed by atoms with Crippen molar-refractivity contribution in [2.75, 3.05) is 37.6 Å². The molecule has 0 unspecified atom stereocenters. The molecule has 0 radical (unpaired) electrons. The second kappa shape index (κ2) is 25.0. The van der Waals surface area contributed by atoms with E-state index < -0.39 is 5.82 Å². The molecule has 0 spiro atoms. The summed E-state index contributed by atoms with van der Waals surface area (Å²) in [5.74, 6) is 3.36. The third-order valence-corrected chi connectivity index (χ3v) is 15.0. The lowest BCUT2D eigenvalue weighted by Gasteiger charge is -2.31. The number of imidazole rings is 2. The molecule has 5 aromatic heterocycles. The van der Waals surface area contributed by atoms with Crippen molar-refractivity contribution in [3.63, 3.8) is 0 Å². The monoisotopic (exact) mass is 1060 g/mol. The number of benzene rings is 2. The van der Waals surface area contributed by atoms with Gasteiger partial charge in [-0.15, -0.1) is 0 Å². The van der Waals surface area contributed by atoms with Gasteiger partial charge >= 0.3 is 0 Å². The number of nitrogens with one attached hydrogen (secondary N) is 5. The van der Waals surface area contributed by atoms with Gasteiger partial charge in [-0.25, -0.2) is 24.3 Å². The summed E-state index contributed by atoms with van der Waals surface area (Å²) in [6, 6.07) is 12.3. The van der Waals surface area contributed by atoms with Gasteiger partial charge in [0.1, 0.15) is 0 Å². The van der Waals surface area contributed by atoms with Gasteiger partial charge in [-0.05, 0) is 186 Å². The first-order chi connectivity index (χ1) is 35.6. The van der Waals surface area contributed by atoms with Crippen LogP contribution < -0.4 is 21.3 Å². The van der Waals surface area contributed by atoms with Gasteiger partial charge in [0.15, 0.2) is 5.82 Å². The number of hydrogen-bond donors (Lipinski definition) is 6. The smallest absolute Gasteiger partial charge is 0.277 e. The van der Waals surface area contributed by atoms with Gasteiger partial charge in [0, 0.05) is 75.7 Å². The second-order valence-electron chi connectivity index (χ2n) is 21.3. The van der Waals surface area contributed by atoms with Crippen LogP contribution >= 0.6 is 23.2 Å². The zero-order valence-corrected chi connectivity index (χ0v) is 45.7. The Bertz CT molecular complexity index is 3010. The van der Waals surface area contributed by atoms with Crippen LogP contribution in [0.25, 0.3) is 34.0 Å². The van der Waals surface area contributed by atoms with Crippen molar-refractivity contribution in [3.05, 3.63) is 108 Å². The molecule has 2 aliphatic carbocycles. The van der Waals surface area contributed by atoms with Crippen LogP contribution in [0.5, 0.6) is 0 Å². The molecule has 0 amide bonds. The Balaban J connectivity index is 0.000000162. The summed E-state index contributed by atoms with van der Waals surface area (Å²) < 4.78 is 16.2. The normalized spacial score (nSPS) is 16.5. The molecular formula is C55H76Cl2FN13O3. The van der Waals surface area contributed by atoms with Crippen molar-refractivity contribution < 1.29 is 9.50 Å². The van der Waals surface area contributed by atoms with Gasteiger partial charge in [-0.2, -0.15) is 9.36 Å². The largest absolute Gasteiger partial charge is 0.394 e. The Morgan fingerprint density at radius 3 is 1.51 bits per heavy atom. The molecule has 4 aliphatic rings. The highest BCUT2D eigenvalue weighted by Gasteiger charge is 2.33. The molecule has 16 nitrogen and oxygen atoms in total. The lowest BCUT2D eigenvalue weighted by Crippen LogP contribution is -2.36. The van der Waals surface area contributed by atoms with Crippen LogP contribution in [0, 0.1) is 17.7 Å². The van der Waals surface area contributed by atoms with Gasteiger partial charge < -0.3 is 25.3 Å². The van der Waals surface area contributed by atoms with Crippen molar-refractivity contribution >= 4 is 51.2 Å². The predicted octanol–water partition coefficient (Wildman–Crippen LogP) is 10.4. The summed E-state index contributed by atoms with van der Waals surface area (Å²) in [5, 5.41) is 19.4. The first-order valence-electron chi connectivity index (χ1n) is 26.9. The minimum atomic E-state index is -0.422. The van der Waals surface area contributed by atoms with E-state index in [2.05, 4.69) is 89.8 Å². The number of aromatic nitrogens is 10. The molecule has 2 saturated heterocycles. The third-order valence-electron chi connectivity index (χ3n) is 14.6. The number of nitrogens with zero attached hydrogens (tertiary/aromatic N) is 8. The van der Waals surface area contributed by atoms with Gasteiger partial charge in [-0.3, -0.25) is 24.7 Å². The topological polar surface area (TPSA) is 197 Å². The molecule has 7 aromatic rings. The molecule has 11 rings (SSSR count). The maximum atomic E-state index is 13.4. The van der Waals surface area contributed by atoms with Gasteiger partial charge in [0.05, 0.1) is 34.5 Å². The second-order valence-corrected chi connectivity index (χ2v) is 22.2. The number of aromatic amines is 4. The minimum Gasteiger partial charge on any atom is -0.394 e. The fraction of sp³-hybridized carbons (Fsp3) is 0.564. The number of aliphatic hydroxyl groups is 1. The Hall–Kier alpha value is -5.33. The Labute approximate surface area is 443 Å². The van der Waals surface area contributed by atoms with E-state index in [9.17, 15) is 14.0 Å². The van der Waals surface area contributed by atoms with Crippen molar-refractivity contribution in [1.29, 1.82) is 0 Å². The minimum absolute atomic E-state index is 0.0239. The van der Waals surface area contributed by atoms with E-state index in [0.29, 0.717) is 57.7 Å². The Morgan fingerprint density at radius 1 is 0.689 bits per heavy atom. The molecule has 7 heterocycles. The summed E-state index contributed by atoms with van der Waals surface area (Å²) in [6.45, 7) is 19.6. The lowest BCUT2D eigenvalue weighted by atomic mass is 9.90. The first kappa shape index (κ1) is 54.9. The fourth-order valence-corrected chi connectivity index (χ4v) is 10.8. The van der Waals surface area contributed by atoms with E-state index >= 15 is 0 Å². The number of aliphatic hydroxyl groups excluding tert-OH is 1. The van der Waals surface area contributed by atoms with E-state index in [1.165, 1.54) is 25.2 Å². The summed E-state index contributed by atoms with van der Waals surface area (Å²) in [7, 11) is 0. The van der Waals surface area contributed by atoms with Gasteiger partial charge in [0.25, 0.3) is 11.1 Å². The van der Waals surface area contributed by atoms with Crippen LogP contribution in [-0.4, -0.2) is 110 Å². The number of H-pyrrole nitrogens is 4. The van der Waals surface area contributed by atoms with Crippen LogP contribution in [0.1, 0.15) is 147 Å². The van der Waals surface area contributed by atoms with Crippen LogP contribution in [0.4, 0.5) is 10.3 Å². The molecule has 2 aliphatic heterocycles. The quantitative estimate of drug-likeness (QED) is 0.0610. The van der Waals surface area contributed by atoms with E-state index in [-0.39, 0.29) is 17.2 Å². The van der Waals surface area contributed by atoms with Crippen LogP contribution in [0.2, 0.25) is 10.0 Å². The Morgan fingerprint density at radius 2 is 1.12 bits per heavy atom. The number of halogens is 3.